The highest BCUT2D eigenvalue weighted by Gasteiger charge is 2.30. The molecule has 0 saturated carbocycles. The summed E-state index contributed by atoms with van der Waals surface area (Å²) in [5.41, 5.74) is 0.423. The van der Waals surface area contributed by atoms with E-state index in [4.69, 9.17) is 0 Å². The van der Waals surface area contributed by atoms with Crippen LogP contribution in [0, 0.1) is 0 Å². The summed E-state index contributed by atoms with van der Waals surface area (Å²) >= 11 is 0. The normalized spacial score (nSPS) is 16.6. The molecule has 0 unspecified atom stereocenters. The second-order valence-electron chi connectivity index (χ2n) is 4.01. The molecule has 2 rings (SSSR count). The maximum atomic E-state index is 12.1. The zero-order valence-electron chi connectivity index (χ0n) is 9.60. The molecule has 1 aromatic rings. The first-order valence-corrected chi connectivity index (χ1v) is 6.98. The molecule has 4 nitrogen and oxygen atoms in total. The summed E-state index contributed by atoms with van der Waals surface area (Å²) in [6, 6.07) is 4.59. The van der Waals surface area contributed by atoms with E-state index >= 15 is 0 Å². The van der Waals surface area contributed by atoms with Crippen LogP contribution in [0.3, 0.4) is 0 Å². The maximum Gasteiger partial charge on any atom is 0.203 e. The van der Waals surface area contributed by atoms with Crippen LogP contribution in [0.2, 0.25) is 0 Å². The highest BCUT2D eigenvalue weighted by atomic mass is 32.2. The van der Waals surface area contributed by atoms with E-state index in [1.807, 2.05) is 7.05 Å². The quantitative estimate of drug-likeness (QED) is 0.798. The van der Waals surface area contributed by atoms with Gasteiger partial charge in [-0.15, -0.1) is 0 Å². The number of rotatable bonds is 4. The van der Waals surface area contributed by atoms with E-state index in [0.717, 1.165) is 13.0 Å². The van der Waals surface area contributed by atoms with Crippen molar-refractivity contribution in [2.75, 3.05) is 13.6 Å². The van der Waals surface area contributed by atoms with Crippen LogP contribution in [0.1, 0.15) is 18.4 Å². The van der Waals surface area contributed by atoms with Gasteiger partial charge in [0.2, 0.25) is 9.84 Å². The summed E-state index contributed by atoms with van der Waals surface area (Å²) < 4.78 is 24.3. The lowest BCUT2D eigenvalue weighted by molar-refractivity contribution is 0.472. The lowest BCUT2D eigenvalue weighted by atomic mass is 10.1. The minimum absolute atomic E-state index is 0.0229. The number of nitrogens with one attached hydrogen (secondary N) is 1. The summed E-state index contributed by atoms with van der Waals surface area (Å²) in [5, 5.41) is 12.6. The molecule has 0 aliphatic carbocycles. The summed E-state index contributed by atoms with van der Waals surface area (Å²) in [4.78, 5) is 0.612. The first-order chi connectivity index (χ1) is 8.07. The van der Waals surface area contributed by atoms with Crippen LogP contribution < -0.4 is 5.32 Å². The van der Waals surface area contributed by atoms with E-state index in [0.29, 0.717) is 16.9 Å². The highest BCUT2D eigenvalue weighted by Crippen LogP contribution is 2.39. The summed E-state index contributed by atoms with van der Waals surface area (Å²) in [6.07, 6.45) is 2.84. The molecule has 0 amide bonds. The fourth-order valence-corrected chi connectivity index (χ4v) is 3.62. The molecular formula is C12H15NO3S. The monoisotopic (exact) mass is 253 g/mol. The molecule has 1 aliphatic heterocycles. The standard InChI is InChI=1S/C12H15NO3S/c1-13-7-3-4-9-8-10-11(14)5-2-6-12(10)17(9,15)16/h2,5-6,8,13-14H,3-4,7H2,1H3. The van der Waals surface area contributed by atoms with Crippen molar-refractivity contribution in [3.8, 4) is 5.75 Å². The predicted octanol–water partition coefficient (Wildman–Crippen LogP) is 1.52. The Morgan fingerprint density at radius 1 is 1.35 bits per heavy atom. The van der Waals surface area contributed by atoms with E-state index in [-0.39, 0.29) is 10.6 Å². The van der Waals surface area contributed by atoms with E-state index in [9.17, 15) is 13.5 Å². The number of allylic oxidation sites excluding steroid dienone is 1. The molecule has 0 spiro atoms. The molecule has 0 bridgehead atoms. The number of phenols is 1. The zero-order valence-corrected chi connectivity index (χ0v) is 10.4. The van der Waals surface area contributed by atoms with Crippen molar-refractivity contribution in [2.45, 2.75) is 17.7 Å². The Bertz CT molecular complexity index is 561. The summed E-state index contributed by atoms with van der Waals surface area (Å²) in [6.45, 7) is 0.773. The number of benzene rings is 1. The third kappa shape index (κ3) is 2.08. The molecule has 0 aromatic heterocycles. The van der Waals surface area contributed by atoms with Crippen LogP contribution in [0.5, 0.6) is 5.75 Å². The molecular weight excluding hydrogens is 238 g/mol. The molecule has 2 N–H and O–H groups in total. The second-order valence-corrected chi connectivity index (χ2v) is 5.98. The topological polar surface area (TPSA) is 66.4 Å². The number of phenolic OH excluding ortho intramolecular Hbond substituents is 1. The van der Waals surface area contributed by atoms with Crippen molar-refractivity contribution in [1.82, 2.24) is 5.32 Å². The zero-order chi connectivity index (χ0) is 12.5. The number of hydrogen-bond acceptors (Lipinski definition) is 4. The fraction of sp³-hybridized carbons (Fsp3) is 0.333. The van der Waals surface area contributed by atoms with Gasteiger partial charge in [0.25, 0.3) is 0 Å². The van der Waals surface area contributed by atoms with E-state index in [1.165, 1.54) is 12.1 Å². The maximum absolute atomic E-state index is 12.1. The molecule has 1 heterocycles. The Morgan fingerprint density at radius 2 is 2.12 bits per heavy atom. The van der Waals surface area contributed by atoms with Gasteiger partial charge >= 0.3 is 0 Å². The average molecular weight is 253 g/mol. The SMILES string of the molecule is CNCCCC1=Cc2c(O)cccc2S1(=O)=O. The van der Waals surface area contributed by atoms with Gasteiger partial charge in [-0.2, -0.15) is 0 Å². The molecule has 0 fully saturated rings. The van der Waals surface area contributed by atoms with E-state index < -0.39 is 9.84 Å². The van der Waals surface area contributed by atoms with Gasteiger partial charge in [-0.25, -0.2) is 8.42 Å². The van der Waals surface area contributed by atoms with Crippen LogP contribution in [0.15, 0.2) is 28.0 Å². The smallest absolute Gasteiger partial charge is 0.203 e. The molecule has 1 aromatic carbocycles. The molecule has 92 valence electrons. The number of hydrogen-bond donors (Lipinski definition) is 2. The lowest BCUT2D eigenvalue weighted by Crippen LogP contribution is -2.09. The van der Waals surface area contributed by atoms with Crippen LogP contribution in [-0.2, 0) is 9.84 Å². The third-order valence-electron chi connectivity index (χ3n) is 2.83. The number of aromatic hydroxyl groups is 1. The Balaban J connectivity index is 2.34. The minimum atomic E-state index is -3.38. The van der Waals surface area contributed by atoms with Gasteiger partial charge in [-0.1, -0.05) is 6.07 Å². The average Bonchev–Trinajstić information content (AvgIpc) is 2.54. The largest absolute Gasteiger partial charge is 0.507 e. The summed E-state index contributed by atoms with van der Waals surface area (Å²) in [7, 11) is -1.54. The van der Waals surface area contributed by atoms with Crippen molar-refractivity contribution in [3.63, 3.8) is 0 Å². The Morgan fingerprint density at radius 3 is 2.76 bits per heavy atom. The molecule has 5 heteroatoms. The van der Waals surface area contributed by atoms with Crippen LogP contribution in [0.4, 0.5) is 0 Å². The van der Waals surface area contributed by atoms with E-state index in [2.05, 4.69) is 5.32 Å². The van der Waals surface area contributed by atoms with Crippen LogP contribution >= 0.6 is 0 Å². The first-order valence-electron chi connectivity index (χ1n) is 5.49. The van der Waals surface area contributed by atoms with Crippen molar-refractivity contribution < 1.29 is 13.5 Å². The predicted molar refractivity (Wildman–Crippen MR) is 66.4 cm³/mol. The molecule has 17 heavy (non-hydrogen) atoms. The molecule has 0 atom stereocenters. The van der Waals surface area contributed by atoms with Gasteiger partial charge in [-0.3, -0.25) is 0 Å². The number of sulfone groups is 1. The Kier molecular flexibility index (Phi) is 3.22. The third-order valence-corrected chi connectivity index (χ3v) is 4.78. The highest BCUT2D eigenvalue weighted by molar-refractivity contribution is 7.95. The van der Waals surface area contributed by atoms with Crippen molar-refractivity contribution in [2.24, 2.45) is 0 Å². The second kappa shape index (κ2) is 4.50. The molecule has 0 radical (unpaired) electrons. The van der Waals surface area contributed by atoms with Gasteiger partial charge in [0.15, 0.2) is 0 Å². The van der Waals surface area contributed by atoms with Gasteiger partial charge in [-0.05, 0) is 44.6 Å². The van der Waals surface area contributed by atoms with E-state index in [1.54, 1.807) is 12.1 Å². The van der Waals surface area contributed by atoms with Gasteiger partial charge in [0, 0.05) is 5.56 Å². The van der Waals surface area contributed by atoms with Crippen molar-refractivity contribution in [3.05, 3.63) is 28.7 Å². The van der Waals surface area contributed by atoms with Crippen LogP contribution in [-0.4, -0.2) is 27.1 Å². The number of fused-ring (bicyclic) bond motifs is 1. The molecule has 0 saturated heterocycles. The van der Waals surface area contributed by atoms with Gasteiger partial charge in [0.1, 0.15) is 5.75 Å². The Labute approximate surface area is 101 Å². The Hall–Kier alpha value is -1.33. The fourth-order valence-electron chi connectivity index (χ4n) is 1.94. The molecule has 1 aliphatic rings. The first kappa shape index (κ1) is 12.1. The summed E-state index contributed by atoms with van der Waals surface area (Å²) in [5.74, 6) is 0.0229. The van der Waals surface area contributed by atoms with Crippen LogP contribution in [0.25, 0.3) is 6.08 Å². The van der Waals surface area contributed by atoms with Gasteiger partial charge in [0.05, 0.1) is 9.80 Å². The lowest BCUT2D eigenvalue weighted by Gasteiger charge is -2.03. The minimum Gasteiger partial charge on any atom is -0.507 e. The van der Waals surface area contributed by atoms with Crippen molar-refractivity contribution >= 4 is 15.9 Å². The van der Waals surface area contributed by atoms with Crippen molar-refractivity contribution in [1.29, 1.82) is 0 Å². The van der Waals surface area contributed by atoms with Gasteiger partial charge < -0.3 is 10.4 Å².